The lowest BCUT2D eigenvalue weighted by atomic mass is 10.1. The summed E-state index contributed by atoms with van der Waals surface area (Å²) in [7, 11) is 1.25. The van der Waals surface area contributed by atoms with Crippen LogP contribution in [-0.4, -0.2) is 22.8 Å². The van der Waals surface area contributed by atoms with E-state index in [9.17, 15) is 23.1 Å². The van der Waals surface area contributed by atoms with Crippen LogP contribution in [0.2, 0.25) is 0 Å². The summed E-state index contributed by atoms with van der Waals surface area (Å²) in [6, 6.07) is 15.1. The number of phenolic OH excluding ortho intramolecular Hbond substituents is 1. The van der Waals surface area contributed by atoms with Crippen LogP contribution >= 0.6 is 0 Å². The molecule has 148 valence electrons. The number of rotatable bonds is 3. The molecule has 4 rings (SSSR count). The smallest absolute Gasteiger partial charge is 0.416 e. The van der Waals surface area contributed by atoms with Crippen LogP contribution in [-0.2, 0) is 17.5 Å². The fourth-order valence-electron chi connectivity index (χ4n) is 3.72. The summed E-state index contributed by atoms with van der Waals surface area (Å²) < 4.78 is 46.9. The van der Waals surface area contributed by atoms with Crippen molar-refractivity contribution in [2.75, 3.05) is 7.11 Å². The fraction of sp³-hybridized carbons (Fsp3) is 0.136. The Morgan fingerprint density at radius 3 is 2.31 bits per heavy atom. The number of hydrogen-bond acceptors (Lipinski definition) is 3. The zero-order chi connectivity index (χ0) is 20.8. The first kappa shape index (κ1) is 18.9. The lowest BCUT2D eigenvalue weighted by Gasteiger charge is -2.14. The minimum absolute atomic E-state index is 0.0632. The molecule has 0 saturated carbocycles. The van der Waals surface area contributed by atoms with E-state index >= 15 is 0 Å². The van der Waals surface area contributed by atoms with Crippen molar-refractivity contribution >= 4 is 27.8 Å². The maximum atomic E-state index is 13.5. The number of benzene rings is 3. The highest BCUT2D eigenvalue weighted by atomic mass is 19.4. The first-order valence-corrected chi connectivity index (χ1v) is 8.79. The second kappa shape index (κ2) is 6.84. The Morgan fingerprint density at radius 2 is 1.62 bits per heavy atom. The number of ether oxygens (including phenoxy) is 1. The van der Waals surface area contributed by atoms with Gasteiger partial charge < -0.3 is 14.4 Å². The van der Waals surface area contributed by atoms with Gasteiger partial charge in [-0.25, -0.2) is 4.79 Å². The Balaban J connectivity index is 2.04. The quantitative estimate of drug-likeness (QED) is 0.472. The third-order valence-corrected chi connectivity index (χ3v) is 4.95. The van der Waals surface area contributed by atoms with Crippen LogP contribution in [0.5, 0.6) is 5.75 Å². The first-order chi connectivity index (χ1) is 13.8. The van der Waals surface area contributed by atoms with Gasteiger partial charge in [-0.05, 0) is 35.9 Å². The molecule has 0 aliphatic rings. The van der Waals surface area contributed by atoms with Gasteiger partial charge in [0.25, 0.3) is 0 Å². The Hall–Kier alpha value is -3.48. The fourth-order valence-corrected chi connectivity index (χ4v) is 3.72. The topological polar surface area (TPSA) is 51.5 Å². The molecule has 29 heavy (non-hydrogen) atoms. The number of phenols is 1. The van der Waals surface area contributed by atoms with Gasteiger partial charge in [0.15, 0.2) is 0 Å². The zero-order valence-corrected chi connectivity index (χ0v) is 15.3. The van der Waals surface area contributed by atoms with Gasteiger partial charge in [-0.1, -0.05) is 30.3 Å². The number of aromatic hydroxyl groups is 1. The number of halogens is 3. The summed E-state index contributed by atoms with van der Waals surface area (Å²) in [4.78, 5) is 12.3. The van der Waals surface area contributed by atoms with Crippen LogP contribution in [0, 0.1) is 0 Å². The van der Waals surface area contributed by atoms with Crippen molar-refractivity contribution in [1.82, 2.24) is 4.57 Å². The molecule has 1 N–H and O–H groups in total. The summed E-state index contributed by atoms with van der Waals surface area (Å²) in [5.41, 5.74) is 0.652. The molecule has 4 nitrogen and oxygen atoms in total. The summed E-state index contributed by atoms with van der Waals surface area (Å²) >= 11 is 0. The standard InChI is InChI=1S/C22H16F3NO3/c1-29-21(28)14-7-4-9-16-19(14)20-17(10-5-11-18(20)27)26(16)12-13-6-2-3-8-15(13)22(23,24)25/h2-11,27H,12H2,1H3. The van der Waals surface area contributed by atoms with E-state index in [1.807, 2.05) is 0 Å². The molecule has 3 aromatic carbocycles. The molecule has 1 heterocycles. The largest absolute Gasteiger partial charge is 0.507 e. The van der Waals surface area contributed by atoms with Gasteiger partial charge in [-0.15, -0.1) is 0 Å². The highest BCUT2D eigenvalue weighted by molar-refractivity contribution is 6.19. The minimum atomic E-state index is -4.49. The summed E-state index contributed by atoms with van der Waals surface area (Å²) in [6.45, 7) is -0.0796. The number of fused-ring (bicyclic) bond motifs is 3. The number of carbonyl (C=O) groups excluding carboxylic acids is 1. The molecule has 0 unspecified atom stereocenters. The molecule has 1 aromatic heterocycles. The van der Waals surface area contributed by atoms with E-state index in [1.165, 1.54) is 25.3 Å². The van der Waals surface area contributed by atoms with E-state index in [1.54, 1.807) is 41.0 Å². The third-order valence-electron chi connectivity index (χ3n) is 4.95. The molecular weight excluding hydrogens is 383 g/mol. The monoisotopic (exact) mass is 399 g/mol. The van der Waals surface area contributed by atoms with Crippen molar-refractivity contribution in [1.29, 1.82) is 0 Å². The summed E-state index contributed by atoms with van der Waals surface area (Å²) in [6.07, 6.45) is -4.49. The molecule has 0 bridgehead atoms. The summed E-state index contributed by atoms with van der Waals surface area (Å²) in [5.74, 6) is -0.652. The minimum Gasteiger partial charge on any atom is -0.507 e. The highest BCUT2D eigenvalue weighted by Crippen LogP contribution is 2.39. The number of alkyl halides is 3. The molecule has 0 aliphatic heterocycles. The molecule has 7 heteroatoms. The Labute approximate surface area is 163 Å². The molecule has 0 saturated heterocycles. The predicted octanol–water partition coefficient (Wildman–Crippen LogP) is 5.35. The SMILES string of the molecule is COC(=O)c1cccc2c1c1c(O)cccc1n2Cc1ccccc1C(F)(F)F. The second-order valence-electron chi connectivity index (χ2n) is 6.60. The van der Waals surface area contributed by atoms with Crippen LogP contribution in [0.25, 0.3) is 21.8 Å². The Morgan fingerprint density at radius 1 is 0.966 bits per heavy atom. The van der Waals surface area contributed by atoms with Gasteiger partial charge in [-0.2, -0.15) is 13.2 Å². The van der Waals surface area contributed by atoms with E-state index in [0.29, 0.717) is 21.8 Å². The van der Waals surface area contributed by atoms with Gasteiger partial charge in [0.05, 0.1) is 34.7 Å². The second-order valence-corrected chi connectivity index (χ2v) is 6.60. The maximum Gasteiger partial charge on any atom is 0.416 e. The predicted molar refractivity (Wildman–Crippen MR) is 103 cm³/mol. The maximum absolute atomic E-state index is 13.5. The molecule has 0 atom stereocenters. The molecule has 0 radical (unpaired) electrons. The molecule has 0 fully saturated rings. The van der Waals surface area contributed by atoms with Gasteiger partial charge >= 0.3 is 12.1 Å². The van der Waals surface area contributed by atoms with Crippen molar-refractivity contribution < 1.29 is 27.8 Å². The van der Waals surface area contributed by atoms with Crippen LogP contribution in [0.15, 0.2) is 60.7 Å². The molecule has 0 spiro atoms. The van der Waals surface area contributed by atoms with E-state index in [4.69, 9.17) is 4.74 Å². The molecular formula is C22H16F3NO3. The van der Waals surface area contributed by atoms with Crippen molar-refractivity contribution in [3.63, 3.8) is 0 Å². The van der Waals surface area contributed by atoms with Crippen molar-refractivity contribution in [3.8, 4) is 5.75 Å². The number of carbonyl (C=O) groups is 1. The number of esters is 1. The van der Waals surface area contributed by atoms with E-state index in [0.717, 1.165) is 6.07 Å². The van der Waals surface area contributed by atoms with Crippen LogP contribution in [0.4, 0.5) is 13.2 Å². The van der Waals surface area contributed by atoms with Crippen LogP contribution in [0.3, 0.4) is 0 Å². The van der Waals surface area contributed by atoms with Gasteiger partial charge in [0.2, 0.25) is 0 Å². The lowest BCUT2D eigenvalue weighted by Crippen LogP contribution is -2.11. The van der Waals surface area contributed by atoms with Gasteiger partial charge in [-0.3, -0.25) is 0 Å². The average molecular weight is 399 g/mol. The van der Waals surface area contributed by atoms with Crippen molar-refractivity contribution in [2.24, 2.45) is 0 Å². The Kier molecular flexibility index (Phi) is 4.45. The average Bonchev–Trinajstić information content (AvgIpc) is 3.02. The molecule has 4 aromatic rings. The van der Waals surface area contributed by atoms with Crippen LogP contribution in [0.1, 0.15) is 21.5 Å². The van der Waals surface area contributed by atoms with Crippen molar-refractivity contribution in [3.05, 3.63) is 77.4 Å². The zero-order valence-electron chi connectivity index (χ0n) is 15.3. The summed E-state index contributed by atoms with van der Waals surface area (Å²) in [5, 5.41) is 11.3. The number of aromatic nitrogens is 1. The van der Waals surface area contributed by atoms with E-state index in [-0.39, 0.29) is 23.4 Å². The van der Waals surface area contributed by atoms with Crippen LogP contribution < -0.4 is 0 Å². The first-order valence-electron chi connectivity index (χ1n) is 8.79. The highest BCUT2D eigenvalue weighted by Gasteiger charge is 2.33. The molecule has 0 aliphatic carbocycles. The Bertz CT molecular complexity index is 1240. The lowest BCUT2D eigenvalue weighted by molar-refractivity contribution is -0.138. The van der Waals surface area contributed by atoms with E-state index in [2.05, 4.69) is 0 Å². The number of methoxy groups -OCH3 is 1. The third kappa shape index (κ3) is 3.08. The normalized spacial score (nSPS) is 11.9. The van der Waals surface area contributed by atoms with Gasteiger partial charge in [0.1, 0.15) is 5.75 Å². The van der Waals surface area contributed by atoms with Crippen molar-refractivity contribution in [2.45, 2.75) is 12.7 Å². The molecule has 0 amide bonds. The van der Waals surface area contributed by atoms with Gasteiger partial charge in [0, 0.05) is 11.9 Å². The van der Waals surface area contributed by atoms with E-state index < -0.39 is 17.7 Å². The number of hydrogen-bond donors (Lipinski definition) is 1. The number of nitrogens with zero attached hydrogens (tertiary/aromatic N) is 1.